The number of hydrogen-bond acceptors (Lipinski definition) is 2. The summed E-state index contributed by atoms with van der Waals surface area (Å²) in [7, 11) is 0. The number of aryl methyl sites for hydroxylation is 1. The molecule has 5 heteroatoms. The number of imidazole rings is 1. The Morgan fingerprint density at radius 3 is 2.69 bits per heavy atom. The number of nitrogens with one attached hydrogen (secondary N) is 1. The summed E-state index contributed by atoms with van der Waals surface area (Å²) >= 11 is 11.9. The zero-order valence-corrected chi connectivity index (χ0v) is 9.89. The predicted octanol–water partition coefficient (Wildman–Crippen LogP) is 3.56. The van der Waals surface area contributed by atoms with Gasteiger partial charge in [0.1, 0.15) is 16.9 Å². The van der Waals surface area contributed by atoms with Gasteiger partial charge in [-0.3, -0.25) is 0 Å². The summed E-state index contributed by atoms with van der Waals surface area (Å²) in [4.78, 5) is 6.76. The van der Waals surface area contributed by atoms with E-state index in [4.69, 9.17) is 28.5 Å². The fraction of sp³-hybridized carbons (Fsp3) is 0.0909. The third kappa shape index (κ3) is 1.90. The number of nitrogens with zero attached hydrogens (tertiary/aromatic N) is 2. The minimum atomic E-state index is 0.201. The summed E-state index contributed by atoms with van der Waals surface area (Å²) in [6.45, 7) is 1.90. The molecule has 2 rings (SSSR count). The Balaban J connectivity index is 2.55. The van der Waals surface area contributed by atoms with Crippen molar-refractivity contribution in [1.29, 1.82) is 5.26 Å². The molecule has 0 saturated heterocycles. The summed E-state index contributed by atoms with van der Waals surface area (Å²) in [6, 6.07) is 7.39. The van der Waals surface area contributed by atoms with Crippen LogP contribution in [0.2, 0.25) is 10.2 Å². The molecule has 0 atom stereocenters. The zero-order valence-electron chi connectivity index (χ0n) is 8.38. The van der Waals surface area contributed by atoms with Gasteiger partial charge in [0, 0.05) is 10.6 Å². The SMILES string of the molecule is Cc1cc(-c2nc(C#N)[nH]c2Cl)ccc1Cl. The van der Waals surface area contributed by atoms with Crippen LogP contribution < -0.4 is 0 Å². The van der Waals surface area contributed by atoms with Crippen LogP contribution in [0.25, 0.3) is 11.3 Å². The zero-order chi connectivity index (χ0) is 11.7. The van der Waals surface area contributed by atoms with Crippen LogP contribution in [0.1, 0.15) is 11.4 Å². The van der Waals surface area contributed by atoms with E-state index in [-0.39, 0.29) is 5.82 Å². The minimum Gasteiger partial charge on any atom is -0.320 e. The smallest absolute Gasteiger partial charge is 0.211 e. The molecule has 0 unspecified atom stereocenters. The molecule has 0 fully saturated rings. The van der Waals surface area contributed by atoms with Crippen molar-refractivity contribution in [3.05, 3.63) is 39.8 Å². The number of H-pyrrole nitrogens is 1. The highest BCUT2D eigenvalue weighted by atomic mass is 35.5. The lowest BCUT2D eigenvalue weighted by Crippen LogP contribution is -1.82. The first-order valence-electron chi connectivity index (χ1n) is 4.54. The normalized spacial score (nSPS) is 10.1. The van der Waals surface area contributed by atoms with E-state index < -0.39 is 0 Å². The number of rotatable bonds is 1. The van der Waals surface area contributed by atoms with Crippen molar-refractivity contribution in [2.75, 3.05) is 0 Å². The van der Waals surface area contributed by atoms with Crippen molar-refractivity contribution in [2.24, 2.45) is 0 Å². The highest BCUT2D eigenvalue weighted by Crippen LogP contribution is 2.28. The van der Waals surface area contributed by atoms with Crippen molar-refractivity contribution >= 4 is 23.2 Å². The number of aromatic nitrogens is 2. The Bertz CT molecular complexity index is 581. The second kappa shape index (κ2) is 4.17. The van der Waals surface area contributed by atoms with Gasteiger partial charge in [0.2, 0.25) is 5.82 Å². The van der Waals surface area contributed by atoms with Crippen molar-refractivity contribution < 1.29 is 0 Å². The Morgan fingerprint density at radius 2 is 2.12 bits per heavy atom. The Kier molecular flexibility index (Phi) is 2.86. The van der Waals surface area contributed by atoms with Crippen LogP contribution in [0.5, 0.6) is 0 Å². The topological polar surface area (TPSA) is 52.5 Å². The van der Waals surface area contributed by atoms with Gasteiger partial charge in [-0.25, -0.2) is 4.98 Å². The Morgan fingerprint density at radius 1 is 1.38 bits per heavy atom. The first-order valence-corrected chi connectivity index (χ1v) is 5.29. The Hall–Kier alpha value is -1.50. The third-order valence-corrected chi connectivity index (χ3v) is 2.89. The van der Waals surface area contributed by atoms with E-state index in [1.165, 1.54) is 0 Å². The van der Waals surface area contributed by atoms with Gasteiger partial charge >= 0.3 is 0 Å². The summed E-state index contributed by atoms with van der Waals surface area (Å²) < 4.78 is 0. The molecule has 1 aromatic carbocycles. The van der Waals surface area contributed by atoms with Crippen LogP contribution >= 0.6 is 23.2 Å². The van der Waals surface area contributed by atoms with E-state index in [0.29, 0.717) is 15.9 Å². The van der Waals surface area contributed by atoms with E-state index in [2.05, 4.69) is 9.97 Å². The summed E-state index contributed by atoms with van der Waals surface area (Å²) in [6.07, 6.45) is 0. The summed E-state index contributed by atoms with van der Waals surface area (Å²) in [5.74, 6) is 0.201. The van der Waals surface area contributed by atoms with Gasteiger partial charge in [-0.05, 0) is 24.6 Å². The monoisotopic (exact) mass is 251 g/mol. The molecule has 2 aromatic rings. The molecule has 80 valence electrons. The number of nitriles is 1. The van der Waals surface area contributed by atoms with E-state index >= 15 is 0 Å². The number of benzene rings is 1. The lowest BCUT2D eigenvalue weighted by molar-refractivity contribution is 1.23. The highest BCUT2D eigenvalue weighted by molar-refractivity contribution is 6.32. The molecule has 16 heavy (non-hydrogen) atoms. The van der Waals surface area contributed by atoms with Crippen LogP contribution in [0.3, 0.4) is 0 Å². The molecule has 0 aliphatic carbocycles. The summed E-state index contributed by atoms with van der Waals surface area (Å²) in [5, 5.41) is 9.75. The van der Waals surface area contributed by atoms with Gasteiger partial charge in [0.05, 0.1) is 0 Å². The second-order valence-corrected chi connectivity index (χ2v) is 4.11. The number of hydrogen-bond donors (Lipinski definition) is 1. The average Bonchev–Trinajstić information content (AvgIpc) is 2.64. The molecular formula is C11H7Cl2N3. The lowest BCUT2D eigenvalue weighted by Gasteiger charge is -2.01. The molecule has 3 nitrogen and oxygen atoms in total. The molecular weight excluding hydrogens is 245 g/mol. The van der Waals surface area contributed by atoms with Gasteiger partial charge in [0.25, 0.3) is 0 Å². The molecule has 0 aliphatic rings. The van der Waals surface area contributed by atoms with E-state index in [1.807, 2.05) is 25.1 Å². The first kappa shape index (κ1) is 11.0. The van der Waals surface area contributed by atoms with Gasteiger partial charge in [0.15, 0.2) is 0 Å². The highest BCUT2D eigenvalue weighted by Gasteiger charge is 2.10. The maximum Gasteiger partial charge on any atom is 0.211 e. The van der Waals surface area contributed by atoms with Crippen molar-refractivity contribution in [3.63, 3.8) is 0 Å². The summed E-state index contributed by atoms with van der Waals surface area (Å²) in [5.41, 5.74) is 2.35. The van der Waals surface area contributed by atoms with Crippen molar-refractivity contribution in [1.82, 2.24) is 9.97 Å². The van der Waals surface area contributed by atoms with E-state index in [0.717, 1.165) is 11.1 Å². The fourth-order valence-corrected chi connectivity index (χ4v) is 1.75. The van der Waals surface area contributed by atoms with Crippen LogP contribution in [0, 0.1) is 18.3 Å². The largest absolute Gasteiger partial charge is 0.320 e. The standard InChI is InChI=1S/C11H7Cl2N3/c1-6-4-7(2-3-8(6)12)10-11(13)16-9(5-14)15-10/h2-4H,1H3,(H,15,16). The molecule has 1 aromatic heterocycles. The van der Waals surface area contributed by atoms with Gasteiger partial charge in [-0.1, -0.05) is 29.3 Å². The third-order valence-electron chi connectivity index (χ3n) is 2.20. The van der Waals surface area contributed by atoms with Gasteiger partial charge in [-0.15, -0.1) is 0 Å². The molecule has 1 heterocycles. The second-order valence-electron chi connectivity index (χ2n) is 3.32. The first-order chi connectivity index (χ1) is 7.61. The van der Waals surface area contributed by atoms with E-state index in [9.17, 15) is 0 Å². The van der Waals surface area contributed by atoms with Crippen molar-refractivity contribution in [2.45, 2.75) is 6.92 Å². The lowest BCUT2D eigenvalue weighted by atomic mass is 10.1. The predicted molar refractivity (Wildman–Crippen MR) is 63.5 cm³/mol. The van der Waals surface area contributed by atoms with Gasteiger partial charge in [-0.2, -0.15) is 5.26 Å². The molecule has 1 N–H and O–H groups in total. The maximum atomic E-state index is 8.70. The fourth-order valence-electron chi connectivity index (χ4n) is 1.39. The Labute approximate surface area is 103 Å². The maximum absolute atomic E-state index is 8.70. The van der Waals surface area contributed by atoms with Crippen LogP contribution in [0.15, 0.2) is 18.2 Å². The van der Waals surface area contributed by atoms with Crippen LogP contribution in [-0.2, 0) is 0 Å². The number of halogens is 2. The quantitative estimate of drug-likeness (QED) is 0.843. The van der Waals surface area contributed by atoms with Gasteiger partial charge < -0.3 is 4.98 Å². The molecule has 0 amide bonds. The molecule has 0 spiro atoms. The average molecular weight is 252 g/mol. The molecule has 0 radical (unpaired) electrons. The number of aromatic amines is 1. The molecule has 0 aliphatic heterocycles. The molecule has 0 bridgehead atoms. The van der Waals surface area contributed by atoms with Crippen molar-refractivity contribution in [3.8, 4) is 17.3 Å². The van der Waals surface area contributed by atoms with Crippen LogP contribution in [-0.4, -0.2) is 9.97 Å². The molecule has 0 saturated carbocycles. The van der Waals surface area contributed by atoms with Crippen LogP contribution in [0.4, 0.5) is 0 Å². The minimum absolute atomic E-state index is 0.201. The van der Waals surface area contributed by atoms with E-state index in [1.54, 1.807) is 6.07 Å².